The van der Waals surface area contributed by atoms with Crippen LogP contribution >= 0.6 is 0 Å². The molecule has 1 saturated heterocycles. The van der Waals surface area contributed by atoms with Crippen LogP contribution in [0.5, 0.6) is 0 Å². The molecule has 0 spiro atoms. The van der Waals surface area contributed by atoms with E-state index in [9.17, 15) is 24.9 Å². The standard InChI is InChI=1S/C13H20N2O6/c1-7-5-15(10(18)14-8(7)17)9-12(3,19)13(4,20)11(2,6-16)21-9/h5,9,16,19-20H,6H2,1-4H3,(H,14,17,18)/t9-,11-,12-,13?/m1/s1. The highest BCUT2D eigenvalue weighted by Gasteiger charge is 2.67. The van der Waals surface area contributed by atoms with Crippen molar-refractivity contribution in [3.63, 3.8) is 0 Å². The summed E-state index contributed by atoms with van der Waals surface area (Å²) in [7, 11) is 0. The van der Waals surface area contributed by atoms with Crippen LogP contribution in [0, 0.1) is 6.92 Å². The van der Waals surface area contributed by atoms with Crippen molar-refractivity contribution in [2.45, 2.75) is 50.7 Å². The second kappa shape index (κ2) is 4.51. The Morgan fingerprint density at radius 3 is 2.38 bits per heavy atom. The number of aliphatic hydroxyl groups excluding tert-OH is 1. The van der Waals surface area contributed by atoms with Gasteiger partial charge in [-0.1, -0.05) is 0 Å². The van der Waals surface area contributed by atoms with Gasteiger partial charge in [-0.2, -0.15) is 0 Å². The van der Waals surface area contributed by atoms with Crippen molar-refractivity contribution in [2.24, 2.45) is 0 Å². The summed E-state index contributed by atoms with van der Waals surface area (Å²) in [6.45, 7) is 5.02. The van der Waals surface area contributed by atoms with Crippen LogP contribution in [0.2, 0.25) is 0 Å². The topological polar surface area (TPSA) is 125 Å². The number of H-pyrrole nitrogens is 1. The molecule has 1 aromatic heterocycles. The van der Waals surface area contributed by atoms with Gasteiger partial charge < -0.3 is 20.1 Å². The minimum absolute atomic E-state index is 0.256. The minimum atomic E-state index is -1.86. The first-order chi connectivity index (χ1) is 9.48. The average Bonchev–Trinajstić information content (AvgIpc) is 2.52. The van der Waals surface area contributed by atoms with Crippen molar-refractivity contribution in [1.29, 1.82) is 0 Å². The van der Waals surface area contributed by atoms with Crippen LogP contribution in [0.1, 0.15) is 32.6 Å². The van der Waals surface area contributed by atoms with Gasteiger partial charge in [-0.25, -0.2) is 4.79 Å². The molecule has 0 bridgehead atoms. The van der Waals surface area contributed by atoms with Crippen LogP contribution in [0.3, 0.4) is 0 Å². The predicted molar refractivity (Wildman–Crippen MR) is 72.9 cm³/mol. The Kier molecular flexibility index (Phi) is 3.41. The van der Waals surface area contributed by atoms with Crippen LogP contribution in [0.4, 0.5) is 0 Å². The Hall–Kier alpha value is -1.48. The van der Waals surface area contributed by atoms with E-state index in [1.54, 1.807) is 0 Å². The molecule has 1 aliphatic heterocycles. The fraction of sp³-hybridized carbons (Fsp3) is 0.692. The van der Waals surface area contributed by atoms with E-state index in [2.05, 4.69) is 4.98 Å². The Morgan fingerprint density at radius 2 is 1.90 bits per heavy atom. The zero-order valence-corrected chi connectivity index (χ0v) is 12.4. The number of nitrogens with zero attached hydrogens (tertiary/aromatic N) is 1. The maximum atomic E-state index is 11.9. The lowest BCUT2D eigenvalue weighted by atomic mass is 9.76. The number of aromatic nitrogens is 2. The van der Waals surface area contributed by atoms with Gasteiger partial charge in [0.05, 0.1) is 6.61 Å². The largest absolute Gasteiger partial charge is 0.393 e. The highest BCUT2D eigenvalue weighted by Crippen LogP contribution is 2.50. The van der Waals surface area contributed by atoms with Gasteiger partial charge in [0.1, 0.15) is 16.8 Å². The van der Waals surface area contributed by atoms with Crippen molar-refractivity contribution in [3.8, 4) is 0 Å². The van der Waals surface area contributed by atoms with Crippen LogP contribution in [-0.4, -0.2) is 48.3 Å². The summed E-state index contributed by atoms with van der Waals surface area (Å²) in [5.41, 5.74) is -6.20. The monoisotopic (exact) mass is 300 g/mol. The lowest BCUT2D eigenvalue weighted by Gasteiger charge is -2.39. The first-order valence-electron chi connectivity index (χ1n) is 6.53. The molecule has 21 heavy (non-hydrogen) atoms. The summed E-state index contributed by atoms with van der Waals surface area (Å²) in [5, 5.41) is 30.7. The van der Waals surface area contributed by atoms with Crippen molar-refractivity contribution < 1.29 is 20.1 Å². The Morgan fingerprint density at radius 1 is 1.33 bits per heavy atom. The predicted octanol–water partition coefficient (Wildman–Crippen LogP) is -1.37. The molecule has 1 aromatic rings. The van der Waals surface area contributed by atoms with E-state index in [1.807, 2.05) is 0 Å². The van der Waals surface area contributed by atoms with Gasteiger partial charge in [0.25, 0.3) is 5.56 Å². The number of aliphatic hydroxyl groups is 3. The quantitative estimate of drug-likeness (QED) is 0.534. The maximum Gasteiger partial charge on any atom is 0.330 e. The fourth-order valence-corrected chi connectivity index (χ4v) is 2.53. The van der Waals surface area contributed by atoms with Gasteiger partial charge in [-0.3, -0.25) is 14.3 Å². The second-order valence-corrected chi connectivity index (χ2v) is 6.06. The Bertz CT molecular complexity index is 674. The van der Waals surface area contributed by atoms with Gasteiger partial charge >= 0.3 is 5.69 Å². The van der Waals surface area contributed by atoms with E-state index in [1.165, 1.54) is 33.9 Å². The molecule has 4 atom stereocenters. The van der Waals surface area contributed by atoms with E-state index in [4.69, 9.17) is 4.74 Å². The molecular weight excluding hydrogens is 280 g/mol. The van der Waals surface area contributed by atoms with E-state index in [0.29, 0.717) is 0 Å². The van der Waals surface area contributed by atoms with Gasteiger partial charge in [0.2, 0.25) is 0 Å². The van der Waals surface area contributed by atoms with Crippen LogP contribution in [0.15, 0.2) is 15.8 Å². The van der Waals surface area contributed by atoms with E-state index in [-0.39, 0.29) is 5.56 Å². The third-order valence-electron chi connectivity index (χ3n) is 4.57. The first kappa shape index (κ1) is 15.9. The third kappa shape index (κ3) is 1.98. The lowest BCUT2D eigenvalue weighted by molar-refractivity contribution is -0.162. The molecule has 4 N–H and O–H groups in total. The number of aromatic amines is 1. The van der Waals surface area contributed by atoms with Crippen LogP contribution < -0.4 is 11.2 Å². The molecule has 0 aliphatic carbocycles. The molecule has 2 heterocycles. The molecule has 0 radical (unpaired) electrons. The summed E-state index contributed by atoms with van der Waals surface area (Å²) in [4.78, 5) is 25.5. The number of ether oxygens (including phenoxy) is 1. The smallest absolute Gasteiger partial charge is 0.330 e. The maximum absolute atomic E-state index is 11.9. The molecule has 2 rings (SSSR count). The molecule has 1 aliphatic rings. The van der Waals surface area contributed by atoms with E-state index >= 15 is 0 Å². The van der Waals surface area contributed by atoms with Gasteiger partial charge in [0.15, 0.2) is 6.23 Å². The van der Waals surface area contributed by atoms with Gasteiger partial charge in [-0.15, -0.1) is 0 Å². The molecule has 8 heteroatoms. The van der Waals surface area contributed by atoms with Gasteiger partial charge in [0, 0.05) is 11.8 Å². The minimum Gasteiger partial charge on any atom is -0.393 e. The van der Waals surface area contributed by atoms with Crippen LogP contribution in [0.25, 0.3) is 0 Å². The molecule has 118 valence electrons. The molecule has 8 nitrogen and oxygen atoms in total. The molecule has 0 saturated carbocycles. The fourth-order valence-electron chi connectivity index (χ4n) is 2.53. The van der Waals surface area contributed by atoms with Crippen molar-refractivity contribution in [1.82, 2.24) is 9.55 Å². The molecule has 1 unspecified atom stereocenters. The van der Waals surface area contributed by atoms with E-state index < -0.39 is 40.9 Å². The SMILES string of the molecule is Cc1cn([C@@H]2O[C@](C)(CO)C(C)(O)[C@]2(C)O)c(=O)[nH]c1=O. The number of hydrogen-bond donors (Lipinski definition) is 4. The van der Waals surface area contributed by atoms with Gasteiger partial charge in [-0.05, 0) is 27.7 Å². The third-order valence-corrected chi connectivity index (χ3v) is 4.57. The second-order valence-electron chi connectivity index (χ2n) is 6.06. The first-order valence-corrected chi connectivity index (χ1v) is 6.53. The number of aryl methyl sites for hydroxylation is 1. The molecule has 0 amide bonds. The normalized spacial score (nSPS) is 39.7. The Balaban J connectivity index is 2.64. The summed E-state index contributed by atoms with van der Waals surface area (Å²) >= 11 is 0. The number of nitrogens with one attached hydrogen (secondary N) is 1. The van der Waals surface area contributed by atoms with E-state index in [0.717, 1.165) is 4.57 Å². The van der Waals surface area contributed by atoms with Crippen molar-refractivity contribution >= 4 is 0 Å². The molecule has 1 fully saturated rings. The zero-order chi connectivity index (χ0) is 16.2. The highest BCUT2D eigenvalue weighted by molar-refractivity contribution is 5.15. The number of hydrogen-bond acceptors (Lipinski definition) is 6. The van der Waals surface area contributed by atoms with Crippen molar-refractivity contribution in [3.05, 3.63) is 32.6 Å². The Labute approximate surface area is 120 Å². The summed E-state index contributed by atoms with van der Waals surface area (Å²) in [6, 6.07) is 0. The summed E-state index contributed by atoms with van der Waals surface area (Å²) in [5.74, 6) is 0. The molecule has 0 aromatic carbocycles. The lowest BCUT2D eigenvalue weighted by Crippen LogP contribution is -2.60. The summed E-state index contributed by atoms with van der Waals surface area (Å²) in [6.07, 6.45) is -0.00726. The number of rotatable bonds is 2. The zero-order valence-electron chi connectivity index (χ0n) is 12.4. The highest BCUT2D eigenvalue weighted by atomic mass is 16.6. The average molecular weight is 300 g/mol. The molecular formula is C13H20N2O6. The summed E-state index contributed by atoms with van der Waals surface area (Å²) < 4.78 is 6.59. The van der Waals surface area contributed by atoms with Crippen molar-refractivity contribution in [2.75, 3.05) is 6.61 Å². The van der Waals surface area contributed by atoms with Crippen LogP contribution in [-0.2, 0) is 4.74 Å².